The molecule has 7 heteroatoms. The van der Waals surface area contributed by atoms with Crippen molar-refractivity contribution < 1.29 is 9.90 Å². The van der Waals surface area contributed by atoms with Gasteiger partial charge in [0.1, 0.15) is 11.6 Å². The molecule has 0 amide bonds. The lowest BCUT2D eigenvalue weighted by Gasteiger charge is -2.09. The van der Waals surface area contributed by atoms with Crippen LogP contribution >= 0.6 is 11.3 Å². The van der Waals surface area contributed by atoms with E-state index in [-0.39, 0.29) is 16.8 Å². The maximum atomic E-state index is 12.6. The number of nitrogens with zero attached hydrogens (tertiary/aromatic N) is 3. The number of para-hydroxylation sites is 1. The number of rotatable bonds is 4. The molecule has 2 aromatic heterocycles. The van der Waals surface area contributed by atoms with E-state index >= 15 is 0 Å². The average molecular weight is 349 g/mol. The predicted molar refractivity (Wildman–Crippen MR) is 94.8 cm³/mol. The van der Waals surface area contributed by atoms with Crippen molar-refractivity contribution in [2.75, 3.05) is 0 Å². The standard InChI is InChI=1S/C18H11N3O3S/c19-11-15-14(9-8-13-7-4-10-25-13)16(18(23)24)20-21(17(15)22)12-5-2-1-3-6-12/h1-10H,(H,23,24)/b9-8+. The van der Waals surface area contributed by atoms with Crippen molar-refractivity contribution in [3.05, 3.63) is 79.9 Å². The van der Waals surface area contributed by atoms with Crippen molar-refractivity contribution in [2.45, 2.75) is 0 Å². The molecule has 0 radical (unpaired) electrons. The van der Waals surface area contributed by atoms with Crippen LogP contribution < -0.4 is 5.56 Å². The van der Waals surface area contributed by atoms with Gasteiger partial charge in [0.2, 0.25) is 0 Å². The molecule has 122 valence electrons. The fraction of sp³-hybridized carbons (Fsp3) is 0. The van der Waals surface area contributed by atoms with Gasteiger partial charge in [0, 0.05) is 10.4 Å². The lowest BCUT2D eigenvalue weighted by atomic mass is 10.1. The second kappa shape index (κ2) is 6.95. The number of carbonyl (C=O) groups is 1. The topological polar surface area (TPSA) is 96.0 Å². The number of thiophene rings is 1. The van der Waals surface area contributed by atoms with Gasteiger partial charge in [-0.1, -0.05) is 24.3 Å². The minimum Gasteiger partial charge on any atom is -0.476 e. The Bertz CT molecular complexity index is 1050. The summed E-state index contributed by atoms with van der Waals surface area (Å²) >= 11 is 1.45. The van der Waals surface area contributed by atoms with E-state index in [1.165, 1.54) is 17.4 Å². The summed E-state index contributed by atoms with van der Waals surface area (Å²) in [6.45, 7) is 0. The zero-order chi connectivity index (χ0) is 17.8. The summed E-state index contributed by atoms with van der Waals surface area (Å²) in [5.74, 6) is -1.31. The van der Waals surface area contributed by atoms with E-state index < -0.39 is 11.5 Å². The van der Waals surface area contributed by atoms with Crippen LogP contribution in [0.15, 0.2) is 52.6 Å². The van der Waals surface area contributed by atoms with Gasteiger partial charge in [0.25, 0.3) is 5.56 Å². The smallest absolute Gasteiger partial charge is 0.357 e. The summed E-state index contributed by atoms with van der Waals surface area (Å²) in [5, 5.41) is 24.7. The summed E-state index contributed by atoms with van der Waals surface area (Å²) in [7, 11) is 0. The van der Waals surface area contributed by atoms with E-state index in [1.807, 2.05) is 23.6 Å². The van der Waals surface area contributed by atoms with Crippen molar-refractivity contribution in [2.24, 2.45) is 0 Å². The highest BCUT2D eigenvalue weighted by Gasteiger charge is 2.20. The van der Waals surface area contributed by atoms with Gasteiger partial charge in [0.05, 0.1) is 5.69 Å². The van der Waals surface area contributed by atoms with Gasteiger partial charge in [0.15, 0.2) is 5.69 Å². The van der Waals surface area contributed by atoms with E-state index in [1.54, 1.807) is 36.4 Å². The van der Waals surface area contributed by atoms with Crippen LogP contribution in [0.2, 0.25) is 0 Å². The summed E-state index contributed by atoms with van der Waals surface area (Å²) in [6.07, 6.45) is 3.10. The first kappa shape index (κ1) is 16.4. The summed E-state index contributed by atoms with van der Waals surface area (Å²) in [6, 6.07) is 13.9. The van der Waals surface area contributed by atoms with Crippen molar-refractivity contribution in [3.63, 3.8) is 0 Å². The Hall–Kier alpha value is -3.50. The van der Waals surface area contributed by atoms with Crippen LogP contribution in [0, 0.1) is 11.3 Å². The minimum atomic E-state index is -1.31. The Morgan fingerprint density at radius 3 is 2.56 bits per heavy atom. The number of nitriles is 1. The third-order valence-corrected chi connectivity index (χ3v) is 4.24. The molecule has 0 saturated heterocycles. The highest BCUT2D eigenvalue weighted by molar-refractivity contribution is 7.10. The number of carboxylic acid groups (broad SMARTS) is 1. The van der Waals surface area contributed by atoms with Gasteiger partial charge in [-0.05, 0) is 35.7 Å². The summed E-state index contributed by atoms with van der Waals surface area (Å²) in [4.78, 5) is 25.1. The first-order valence-electron chi connectivity index (χ1n) is 7.19. The maximum Gasteiger partial charge on any atom is 0.357 e. The van der Waals surface area contributed by atoms with Crippen LogP contribution in [0.1, 0.15) is 26.5 Å². The number of benzene rings is 1. The largest absolute Gasteiger partial charge is 0.476 e. The second-order valence-corrected chi connectivity index (χ2v) is 5.93. The Labute approximate surface area is 146 Å². The molecule has 0 aliphatic rings. The number of hydrogen-bond acceptors (Lipinski definition) is 5. The molecule has 3 aromatic rings. The Morgan fingerprint density at radius 1 is 1.20 bits per heavy atom. The molecule has 1 aromatic carbocycles. The predicted octanol–water partition coefficient (Wildman–Crippen LogP) is 3.03. The van der Waals surface area contributed by atoms with Crippen LogP contribution in [0.3, 0.4) is 0 Å². The van der Waals surface area contributed by atoms with E-state index in [4.69, 9.17) is 0 Å². The molecule has 6 nitrogen and oxygen atoms in total. The molecule has 0 aliphatic carbocycles. The molecule has 2 heterocycles. The lowest BCUT2D eigenvalue weighted by Crippen LogP contribution is -2.28. The van der Waals surface area contributed by atoms with Gasteiger partial charge < -0.3 is 5.11 Å². The molecule has 0 bridgehead atoms. The van der Waals surface area contributed by atoms with E-state index in [9.17, 15) is 20.0 Å². The summed E-state index contributed by atoms with van der Waals surface area (Å²) < 4.78 is 0.935. The fourth-order valence-electron chi connectivity index (χ4n) is 2.26. The Kier molecular flexibility index (Phi) is 4.55. The summed E-state index contributed by atoms with van der Waals surface area (Å²) in [5.41, 5.74) is -0.887. The Morgan fingerprint density at radius 2 is 1.96 bits per heavy atom. The zero-order valence-electron chi connectivity index (χ0n) is 12.8. The van der Waals surface area contributed by atoms with Crippen LogP contribution in [-0.2, 0) is 0 Å². The molecule has 0 fully saturated rings. The highest BCUT2D eigenvalue weighted by Crippen LogP contribution is 2.17. The van der Waals surface area contributed by atoms with Crippen LogP contribution in [0.25, 0.3) is 17.8 Å². The molecule has 25 heavy (non-hydrogen) atoms. The van der Waals surface area contributed by atoms with Crippen LogP contribution in [0.5, 0.6) is 0 Å². The molecule has 1 N–H and O–H groups in total. The second-order valence-electron chi connectivity index (χ2n) is 4.96. The molecular formula is C18H11N3O3S. The van der Waals surface area contributed by atoms with E-state index in [2.05, 4.69) is 5.10 Å². The molecule has 0 saturated carbocycles. The van der Waals surface area contributed by atoms with Gasteiger partial charge in [-0.2, -0.15) is 15.0 Å². The van der Waals surface area contributed by atoms with Gasteiger partial charge >= 0.3 is 5.97 Å². The molecular weight excluding hydrogens is 338 g/mol. The van der Waals surface area contributed by atoms with Crippen molar-refractivity contribution in [1.82, 2.24) is 9.78 Å². The SMILES string of the molecule is N#Cc1c(/C=C/c2cccs2)c(C(=O)O)nn(-c2ccccc2)c1=O. The van der Waals surface area contributed by atoms with Crippen LogP contribution in [0.4, 0.5) is 0 Å². The zero-order valence-corrected chi connectivity index (χ0v) is 13.6. The lowest BCUT2D eigenvalue weighted by molar-refractivity contribution is 0.0688. The average Bonchev–Trinajstić information content (AvgIpc) is 3.14. The fourth-order valence-corrected chi connectivity index (χ4v) is 2.88. The van der Waals surface area contributed by atoms with Gasteiger partial charge in [-0.25, -0.2) is 4.79 Å². The first-order chi connectivity index (χ1) is 12.1. The normalized spacial score (nSPS) is 10.7. The first-order valence-corrected chi connectivity index (χ1v) is 8.07. The van der Waals surface area contributed by atoms with Crippen molar-refractivity contribution in [1.29, 1.82) is 5.26 Å². The van der Waals surface area contributed by atoms with Gasteiger partial charge in [-0.3, -0.25) is 4.79 Å². The van der Waals surface area contributed by atoms with Crippen molar-refractivity contribution >= 4 is 29.5 Å². The quantitative estimate of drug-likeness (QED) is 0.781. The van der Waals surface area contributed by atoms with Crippen LogP contribution in [-0.4, -0.2) is 20.9 Å². The van der Waals surface area contributed by atoms with E-state index in [0.29, 0.717) is 5.69 Å². The number of aromatic carboxylic acids is 1. The molecule has 0 atom stereocenters. The number of aromatic nitrogens is 2. The van der Waals surface area contributed by atoms with Gasteiger partial charge in [-0.15, -0.1) is 11.3 Å². The third-order valence-electron chi connectivity index (χ3n) is 3.40. The maximum absolute atomic E-state index is 12.6. The molecule has 0 spiro atoms. The molecule has 0 aliphatic heterocycles. The minimum absolute atomic E-state index is 0.000538. The number of carboxylic acids is 1. The molecule has 3 rings (SSSR count). The third kappa shape index (κ3) is 3.24. The highest BCUT2D eigenvalue weighted by atomic mass is 32.1. The number of hydrogen-bond donors (Lipinski definition) is 1. The monoisotopic (exact) mass is 349 g/mol. The van der Waals surface area contributed by atoms with Crippen molar-refractivity contribution in [3.8, 4) is 11.8 Å². The Balaban J connectivity index is 2.25. The van der Waals surface area contributed by atoms with E-state index in [0.717, 1.165) is 9.56 Å². The molecule has 0 unspecified atom stereocenters.